The molecule has 5 heteroatoms. The van der Waals surface area contributed by atoms with Crippen LogP contribution >= 0.6 is 11.3 Å². The van der Waals surface area contributed by atoms with Gasteiger partial charge < -0.3 is 5.32 Å². The minimum absolute atomic E-state index is 0.0326. The number of amides is 1. The first-order valence-corrected chi connectivity index (χ1v) is 9.30. The lowest BCUT2D eigenvalue weighted by molar-refractivity contribution is -0.120. The number of aromatic nitrogens is 2. The van der Waals surface area contributed by atoms with Gasteiger partial charge in [0.2, 0.25) is 5.91 Å². The Balaban J connectivity index is 1.35. The van der Waals surface area contributed by atoms with Crippen LogP contribution in [0.4, 0.5) is 0 Å². The van der Waals surface area contributed by atoms with Crippen LogP contribution in [-0.2, 0) is 16.6 Å². The molecule has 1 N–H and O–H groups in total. The van der Waals surface area contributed by atoms with Gasteiger partial charge in [-0.25, -0.2) is 4.98 Å². The number of hydrogen-bond donors (Lipinski definition) is 1. The fourth-order valence-electron chi connectivity index (χ4n) is 3.01. The van der Waals surface area contributed by atoms with E-state index in [1.165, 1.54) is 5.56 Å². The first kappa shape index (κ1) is 16.0. The SMILES string of the molecule is O=C(Cc1csc(-c2cccnc2)n1)NCC1(c2ccccc2)CC1. The van der Waals surface area contributed by atoms with Crippen LogP contribution in [0.2, 0.25) is 0 Å². The molecule has 0 saturated heterocycles. The summed E-state index contributed by atoms with van der Waals surface area (Å²) >= 11 is 1.55. The second-order valence-corrected chi connectivity index (χ2v) is 7.34. The molecule has 1 fully saturated rings. The van der Waals surface area contributed by atoms with Crippen molar-refractivity contribution in [2.45, 2.75) is 24.7 Å². The number of carbonyl (C=O) groups is 1. The van der Waals surface area contributed by atoms with Crippen LogP contribution < -0.4 is 5.32 Å². The summed E-state index contributed by atoms with van der Waals surface area (Å²) in [6.45, 7) is 0.704. The van der Waals surface area contributed by atoms with Gasteiger partial charge in [-0.15, -0.1) is 11.3 Å². The third-order valence-corrected chi connectivity index (χ3v) is 5.61. The number of benzene rings is 1. The highest BCUT2D eigenvalue weighted by Crippen LogP contribution is 2.47. The van der Waals surface area contributed by atoms with E-state index in [1.54, 1.807) is 23.7 Å². The zero-order valence-corrected chi connectivity index (χ0v) is 14.6. The molecule has 126 valence electrons. The fourth-order valence-corrected chi connectivity index (χ4v) is 3.83. The molecule has 1 aromatic carbocycles. The molecule has 25 heavy (non-hydrogen) atoms. The van der Waals surface area contributed by atoms with Gasteiger partial charge in [-0.05, 0) is 30.5 Å². The lowest BCUT2D eigenvalue weighted by atomic mass is 9.96. The van der Waals surface area contributed by atoms with E-state index in [9.17, 15) is 4.79 Å². The molecule has 0 spiro atoms. The highest BCUT2D eigenvalue weighted by Gasteiger charge is 2.44. The minimum Gasteiger partial charge on any atom is -0.355 e. The molecular formula is C20H19N3OS. The van der Waals surface area contributed by atoms with Crippen molar-refractivity contribution in [1.29, 1.82) is 0 Å². The summed E-state index contributed by atoms with van der Waals surface area (Å²) in [5, 5.41) is 5.95. The largest absolute Gasteiger partial charge is 0.355 e. The molecule has 0 unspecified atom stereocenters. The van der Waals surface area contributed by atoms with E-state index < -0.39 is 0 Å². The molecule has 1 amide bonds. The second kappa shape index (κ2) is 6.76. The molecule has 0 radical (unpaired) electrons. The number of hydrogen-bond acceptors (Lipinski definition) is 4. The van der Waals surface area contributed by atoms with Crippen LogP contribution in [0.1, 0.15) is 24.1 Å². The van der Waals surface area contributed by atoms with Gasteiger partial charge in [0.05, 0.1) is 12.1 Å². The Kier molecular flexibility index (Phi) is 4.32. The predicted octanol–water partition coefficient (Wildman–Crippen LogP) is 3.60. The summed E-state index contributed by atoms with van der Waals surface area (Å²) in [4.78, 5) is 21.0. The van der Waals surface area contributed by atoms with Crippen molar-refractivity contribution in [3.05, 3.63) is 71.5 Å². The van der Waals surface area contributed by atoms with Gasteiger partial charge in [-0.2, -0.15) is 0 Å². The highest BCUT2D eigenvalue weighted by atomic mass is 32.1. The van der Waals surface area contributed by atoms with Crippen molar-refractivity contribution < 1.29 is 4.79 Å². The molecule has 0 bridgehead atoms. The van der Waals surface area contributed by atoms with Gasteiger partial charge in [0.25, 0.3) is 0 Å². The summed E-state index contributed by atoms with van der Waals surface area (Å²) < 4.78 is 0. The van der Waals surface area contributed by atoms with Gasteiger partial charge >= 0.3 is 0 Å². The molecule has 0 aliphatic heterocycles. The van der Waals surface area contributed by atoms with Crippen molar-refractivity contribution in [2.24, 2.45) is 0 Å². The maximum atomic E-state index is 12.3. The summed E-state index contributed by atoms with van der Waals surface area (Å²) in [6.07, 6.45) is 6.13. The van der Waals surface area contributed by atoms with Gasteiger partial charge in [0, 0.05) is 35.3 Å². The van der Waals surface area contributed by atoms with Crippen LogP contribution in [0.15, 0.2) is 60.2 Å². The monoisotopic (exact) mass is 349 g/mol. The standard InChI is InChI=1S/C20H19N3OS/c24-18(22-14-20(8-9-20)16-6-2-1-3-7-16)11-17-13-25-19(23-17)15-5-4-10-21-12-15/h1-7,10,12-13H,8-9,11,14H2,(H,22,24). The summed E-state index contributed by atoms with van der Waals surface area (Å²) in [6, 6.07) is 14.3. The number of nitrogens with one attached hydrogen (secondary N) is 1. The molecule has 4 rings (SSSR count). The van der Waals surface area contributed by atoms with Crippen LogP contribution in [0.25, 0.3) is 10.6 Å². The number of pyridine rings is 1. The third kappa shape index (κ3) is 3.61. The van der Waals surface area contributed by atoms with E-state index in [-0.39, 0.29) is 11.3 Å². The smallest absolute Gasteiger partial charge is 0.226 e. The van der Waals surface area contributed by atoms with Crippen LogP contribution in [0.5, 0.6) is 0 Å². The Morgan fingerprint density at radius 1 is 1.16 bits per heavy atom. The molecular weight excluding hydrogens is 330 g/mol. The van der Waals surface area contributed by atoms with E-state index in [0.717, 1.165) is 29.1 Å². The Bertz CT molecular complexity index is 857. The van der Waals surface area contributed by atoms with E-state index in [1.807, 2.05) is 23.6 Å². The van der Waals surface area contributed by atoms with Crippen molar-refractivity contribution in [3.8, 4) is 10.6 Å². The first-order chi connectivity index (χ1) is 12.3. The third-order valence-electron chi connectivity index (χ3n) is 4.67. The fraction of sp³-hybridized carbons (Fsp3) is 0.250. The Morgan fingerprint density at radius 2 is 2.00 bits per heavy atom. The summed E-state index contributed by atoms with van der Waals surface area (Å²) in [5.74, 6) is 0.0326. The van der Waals surface area contributed by atoms with E-state index in [2.05, 4.69) is 39.6 Å². The normalized spacial score (nSPS) is 14.9. The van der Waals surface area contributed by atoms with Gasteiger partial charge in [0.15, 0.2) is 0 Å². The quantitative estimate of drug-likeness (QED) is 0.740. The molecule has 2 heterocycles. The molecule has 1 aliphatic rings. The maximum absolute atomic E-state index is 12.3. The lowest BCUT2D eigenvalue weighted by Crippen LogP contribution is -2.33. The van der Waals surface area contributed by atoms with Crippen LogP contribution in [-0.4, -0.2) is 22.4 Å². The molecule has 3 aromatic rings. The average molecular weight is 349 g/mol. The van der Waals surface area contributed by atoms with E-state index >= 15 is 0 Å². The predicted molar refractivity (Wildman–Crippen MR) is 99.4 cm³/mol. The van der Waals surface area contributed by atoms with Crippen molar-refractivity contribution in [2.75, 3.05) is 6.54 Å². The topological polar surface area (TPSA) is 54.9 Å². The van der Waals surface area contributed by atoms with Gasteiger partial charge in [-0.3, -0.25) is 9.78 Å². The zero-order chi connectivity index (χ0) is 17.1. The Morgan fingerprint density at radius 3 is 2.72 bits per heavy atom. The van der Waals surface area contributed by atoms with Crippen LogP contribution in [0.3, 0.4) is 0 Å². The summed E-state index contributed by atoms with van der Waals surface area (Å²) in [5.41, 5.74) is 3.26. The number of carbonyl (C=O) groups excluding carboxylic acids is 1. The van der Waals surface area contributed by atoms with Gasteiger partial charge in [0.1, 0.15) is 5.01 Å². The molecule has 2 aromatic heterocycles. The number of nitrogens with zero attached hydrogens (tertiary/aromatic N) is 2. The van der Waals surface area contributed by atoms with Crippen molar-refractivity contribution in [1.82, 2.24) is 15.3 Å². The maximum Gasteiger partial charge on any atom is 0.226 e. The Labute approximate surface area is 151 Å². The highest BCUT2D eigenvalue weighted by molar-refractivity contribution is 7.13. The number of thiazole rings is 1. The van der Waals surface area contributed by atoms with Crippen molar-refractivity contribution in [3.63, 3.8) is 0 Å². The minimum atomic E-state index is 0.0326. The molecule has 4 nitrogen and oxygen atoms in total. The lowest BCUT2D eigenvalue weighted by Gasteiger charge is -2.16. The van der Waals surface area contributed by atoms with Gasteiger partial charge in [-0.1, -0.05) is 30.3 Å². The molecule has 0 atom stereocenters. The van der Waals surface area contributed by atoms with Crippen LogP contribution in [0, 0.1) is 0 Å². The van der Waals surface area contributed by atoms with E-state index in [4.69, 9.17) is 0 Å². The second-order valence-electron chi connectivity index (χ2n) is 6.49. The first-order valence-electron chi connectivity index (χ1n) is 8.42. The molecule has 1 aliphatic carbocycles. The zero-order valence-electron chi connectivity index (χ0n) is 13.8. The molecule has 1 saturated carbocycles. The van der Waals surface area contributed by atoms with Crippen molar-refractivity contribution >= 4 is 17.2 Å². The average Bonchev–Trinajstić information content (AvgIpc) is 3.33. The number of rotatable bonds is 6. The van der Waals surface area contributed by atoms with E-state index in [0.29, 0.717) is 13.0 Å². The summed E-state index contributed by atoms with van der Waals surface area (Å²) in [7, 11) is 0. The Hall–Kier alpha value is -2.53.